The number of hydrogen-bond acceptors (Lipinski definition) is 6. The quantitative estimate of drug-likeness (QED) is 0.490. The molecule has 0 bridgehead atoms. The molecule has 8 heteroatoms. The summed E-state index contributed by atoms with van der Waals surface area (Å²) >= 11 is 1.18. The smallest absolute Gasteiger partial charge is 0.277 e. The normalized spacial score (nSPS) is 10.7. The van der Waals surface area contributed by atoms with E-state index in [1.807, 2.05) is 12.1 Å². The lowest BCUT2D eigenvalue weighted by molar-refractivity contribution is -0.127. The highest BCUT2D eigenvalue weighted by molar-refractivity contribution is 7.99. The summed E-state index contributed by atoms with van der Waals surface area (Å²) in [4.78, 5) is 14.0. The number of rotatable bonds is 9. The van der Waals surface area contributed by atoms with Crippen molar-refractivity contribution in [2.75, 3.05) is 12.8 Å². The molecule has 0 aliphatic carbocycles. The van der Waals surface area contributed by atoms with Crippen molar-refractivity contribution in [2.24, 2.45) is 0 Å². The van der Waals surface area contributed by atoms with Crippen molar-refractivity contribution in [3.63, 3.8) is 0 Å². The fourth-order valence-corrected chi connectivity index (χ4v) is 3.23. The van der Waals surface area contributed by atoms with Gasteiger partial charge < -0.3 is 14.1 Å². The Labute approximate surface area is 173 Å². The van der Waals surface area contributed by atoms with E-state index in [9.17, 15) is 9.18 Å². The summed E-state index contributed by atoms with van der Waals surface area (Å²) in [5.41, 5.74) is 2.36. The number of carbonyl (C=O) groups is 1. The topological polar surface area (TPSA) is 68.5 Å². The molecule has 0 aliphatic heterocycles. The van der Waals surface area contributed by atoms with Gasteiger partial charge in [-0.05, 0) is 41.8 Å². The van der Waals surface area contributed by atoms with Crippen molar-refractivity contribution in [3.8, 4) is 5.75 Å². The summed E-state index contributed by atoms with van der Waals surface area (Å²) in [7, 11) is 1.77. The molecule has 1 amide bonds. The second kappa shape index (κ2) is 10.1. The van der Waals surface area contributed by atoms with E-state index in [0.717, 1.165) is 12.0 Å². The fourth-order valence-electron chi connectivity index (χ4n) is 2.51. The predicted octanol–water partition coefficient (Wildman–Crippen LogP) is 4.10. The van der Waals surface area contributed by atoms with Crippen molar-refractivity contribution in [2.45, 2.75) is 31.7 Å². The highest BCUT2D eigenvalue weighted by Crippen LogP contribution is 2.19. The largest absolute Gasteiger partial charge is 0.484 e. The lowest BCUT2D eigenvalue weighted by atomic mass is 10.1. The van der Waals surface area contributed by atoms with Crippen molar-refractivity contribution >= 4 is 17.7 Å². The van der Waals surface area contributed by atoms with E-state index < -0.39 is 0 Å². The van der Waals surface area contributed by atoms with Gasteiger partial charge in [0.25, 0.3) is 11.1 Å². The molecule has 0 fully saturated rings. The molecule has 0 saturated heterocycles. The second-order valence-corrected chi connectivity index (χ2v) is 7.34. The van der Waals surface area contributed by atoms with Crippen molar-refractivity contribution in [3.05, 3.63) is 71.4 Å². The van der Waals surface area contributed by atoms with Crippen LogP contribution in [0.15, 0.2) is 58.2 Å². The molecule has 0 N–H and O–H groups in total. The Morgan fingerprint density at radius 2 is 1.79 bits per heavy atom. The molecule has 0 spiro atoms. The third-order valence-electron chi connectivity index (χ3n) is 4.22. The number of benzene rings is 2. The molecule has 0 radical (unpaired) electrons. The zero-order valence-electron chi connectivity index (χ0n) is 16.3. The van der Waals surface area contributed by atoms with Crippen LogP contribution in [0.1, 0.15) is 23.9 Å². The minimum atomic E-state index is -0.332. The van der Waals surface area contributed by atoms with Gasteiger partial charge in [-0.25, -0.2) is 4.39 Å². The number of carbonyl (C=O) groups excluding carboxylic acids is 1. The molecule has 1 aromatic heterocycles. The standard InChI is InChI=1S/C21H22FN3O3S/c1-3-15-4-6-16(7-5-15)12-25(2)20(26)14-29-21-24-23-19(28-21)13-27-18-10-8-17(22)9-11-18/h4-11H,3,12-14H2,1-2H3. The van der Waals surface area contributed by atoms with Gasteiger partial charge in [0.05, 0.1) is 5.75 Å². The molecular weight excluding hydrogens is 393 g/mol. The summed E-state index contributed by atoms with van der Waals surface area (Å²) in [6.07, 6.45) is 0.993. The fraction of sp³-hybridized carbons (Fsp3) is 0.286. The minimum absolute atomic E-state index is 0.0307. The van der Waals surface area contributed by atoms with Crippen LogP contribution in [0.2, 0.25) is 0 Å². The van der Waals surface area contributed by atoms with Gasteiger partial charge in [-0.15, -0.1) is 10.2 Å². The number of aromatic nitrogens is 2. The molecule has 152 valence electrons. The lowest BCUT2D eigenvalue weighted by Gasteiger charge is -2.16. The van der Waals surface area contributed by atoms with E-state index in [-0.39, 0.29) is 30.0 Å². The second-order valence-electron chi connectivity index (χ2n) is 6.41. The van der Waals surface area contributed by atoms with Crippen molar-refractivity contribution < 1.29 is 18.3 Å². The van der Waals surface area contributed by atoms with E-state index in [1.165, 1.54) is 41.6 Å². The van der Waals surface area contributed by atoms with E-state index >= 15 is 0 Å². The maximum atomic E-state index is 12.9. The summed E-state index contributed by atoms with van der Waals surface area (Å²) < 4.78 is 23.8. The molecule has 29 heavy (non-hydrogen) atoms. The Bertz CT molecular complexity index is 929. The van der Waals surface area contributed by atoms with Crippen LogP contribution in [-0.2, 0) is 24.4 Å². The summed E-state index contributed by atoms with van der Waals surface area (Å²) in [6, 6.07) is 13.9. The highest BCUT2D eigenvalue weighted by atomic mass is 32.2. The lowest BCUT2D eigenvalue weighted by Crippen LogP contribution is -2.27. The third-order valence-corrected chi connectivity index (χ3v) is 5.02. The Kier molecular flexibility index (Phi) is 7.24. The molecule has 1 heterocycles. The third kappa shape index (κ3) is 6.32. The van der Waals surface area contributed by atoms with E-state index in [2.05, 4.69) is 29.3 Å². The number of ether oxygens (including phenoxy) is 1. The molecular formula is C21H22FN3O3S. The molecule has 0 aliphatic rings. The minimum Gasteiger partial charge on any atom is -0.484 e. The van der Waals surface area contributed by atoms with Gasteiger partial charge in [0.15, 0.2) is 6.61 Å². The highest BCUT2D eigenvalue weighted by Gasteiger charge is 2.14. The van der Waals surface area contributed by atoms with E-state index in [0.29, 0.717) is 17.5 Å². The van der Waals surface area contributed by atoms with Gasteiger partial charge >= 0.3 is 0 Å². The first-order valence-corrected chi connectivity index (χ1v) is 10.2. The Balaban J connectivity index is 1.44. The average molecular weight is 415 g/mol. The maximum Gasteiger partial charge on any atom is 0.277 e. The van der Waals surface area contributed by atoms with Gasteiger partial charge in [0.1, 0.15) is 11.6 Å². The van der Waals surface area contributed by atoms with Crippen LogP contribution in [0.3, 0.4) is 0 Å². The number of nitrogens with zero attached hydrogens (tertiary/aromatic N) is 3. The average Bonchev–Trinajstić information content (AvgIpc) is 3.20. The maximum absolute atomic E-state index is 12.9. The molecule has 0 saturated carbocycles. The number of aryl methyl sites for hydroxylation is 1. The number of hydrogen-bond donors (Lipinski definition) is 0. The SMILES string of the molecule is CCc1ccc(CN(C)C(=O)CSc2nnc(COc3ccc(F)cc3)o2)cc1. The first-order valence-electron chi connectivity index (χ1n) is 9.19. The zero-order chi connectivity index (χ0) is 20.6. The predicted molar refractivity (Wildman–Crippen MR) is 108 cm³/mol. The van der Waals surface area contributed by atoms with Crippen molar-refractivity contribution in [1.29, 1.82) is 0 Å². The molecule has 0 atom stereocenters. The number of thioether (sulfide) groups is 1. The monoisotopic (exact) mass is 415 g/mol. The molecule has 6 nitrogen and oxygen atoms in total. The van der Waals surface area contributed by atoms with Gasteiger partial charge in [-0.2, -0.15) is 0 Å². The van der Waals surface area contributed by atoms with Gasteiger partial charge in [0, 0.05) is 13.6 Å². The Hall–Kier alpha value is -2.87. The molecule has 2 aromatic carbocycles. The first-order chi connectivity index (χ1) is 14.0. The Morgan fingerprint density at radius 3 is 2.48 bits per heavy atom. The van der Waals surface area contributed by atoms with Crippen LogP contribution in [0, 0.1) is 5.82 Å². The van der Waals surface area contributed by atoms with E-state index in [4.69, 9.17) is 9.15 Å². The first kappa shape index (κ1) is 20.9. The van der Waals surface area contributed by atoms with Gasteiger partial charge in [-0.1, -0.05) is 43.0 Å². The van der Waals surface area contributed by atoms with Crippen LogP contribution in [0.4, 0.5) is 4.39 Å². The molecule has 0 unspecified atom stereocenters. The van der Waals surface area contributed by atoms with Gasteiger partial charge in [-0.3, -0.25) is 4.79 Å². The van der Waals surface area contributed by atoms with Crippen LogP contribution in [0.25, 0.3) is 0 Å². The zero-order valence-corrected chi connectivity index (χ0v) is 17.1. The van der Waals surface area contributed by atoms with Crippen molar-refractivity contribution in [1.82, 2.24) is 15.1 Å². The van der Waals surface area contributed by atoms with Crippen LogP contribution in [-0.4, -0.2) is 33.8 Å². The molecule has 3 aromatic rings. The number of amides is 1. The summed E-state index contributed by atoms with van der Waals surface area (Å²) in [5.74, 6) is 0.624. The van der Waals surface area contributed by atoms with Crippen LogP contribution >= 0.6 is 11.8 Å². The van der Waals surface area contributed by atoms with E-state index in [1.54, 1.807) is 11.9 Å². The number of halogens is 1. The molecule has 3 rings (SSSR count). The summed E-state index contributed by atoms with van der Waals surface area (Å²) in [6.45, 7) is 2.73. The van der Waals surface area contributed by atoms with Gasteiger partial charge in [0.2, 0.25) is 5.91 Å². The Morgan fingerprint density at radius 1 is 1.10 bits per heavy atom. The van der Waals surface area contributed by atoms with Crippen LogP contribution in [0.5, 0.6) is 5.75 Å². The van der Waals surface area contributed by atoms with Crippen LogP contribution < -0.4 is 4.74 Å². The summed E-state index contributed by atoms with van der Waals surface area (Å²) in [5, 5.41) is 8.11.